The van der Waals surface area contributed by atoms with E-state index in [9.17, 15) is 0 Å². The van der Waals surface area contributed by atoms with Gasteiger partial charge in [0.05, 0.1) is 22.1 Å². The fraction of sp³-hybridized carbons (Fsp3) is 0. The van der Waals surface area contributed by atoms with Gasteiger partial charge in [0.25, 0.3) is 0 Å². The van der Waals surface area contributed by atoms with E-state index in [1.807, 2.05) is 78.9 Å². The van der Waals surface area contributed by atoms with Gasteiger partial charge in [-0.1, -0.05) is 127 Å². The van der Waals surface area contributed by atoms with Crippen LogP contribution in [-0.2, 0) is 0 Å². The Balaban J connectivity index is 0.981. The Morgan fingerprint density at radius 3 is 1.50 bits per heavy atom. The lowest BCUT2D eigenvalue weighted by Gasteiger charge is -2.22. The maximum absolute atomic E-state index is 6.74. The lowest BCUT2D eigenvalue weighted by molar-refractivity contribution is 0.360. The van der Waals surface area contributed by atoms with Crippen LogP contribution in [0.2, 0.25) is 0 Å². The summed E-state index contributed by atoms with van der Waals surface area (Å²) in [6.45, 7) is 0. The molecule has 12 rings (SSSR count). The van der Waals surface area contributed by atoms with Crippen LogP contribution in [0.25, 0.3) is 89.2 Å². The van der Waals surface area contributed by atoms with Gasteiger partial charge in [0.2, 0.25) is 5.95 Å². The number of hydrogen-bond donors (Lipinski definition) is 0. The van der Waals surface area contributed by atoms with Crippen LogP contribution in [0.4, 0.5) is 0 Å². The van der Waals surface area contributed by atoms with E-state index in [2.05, 4.69) is 118 Å². The molecule has 3 aromatic heterocycles. The zero-order chi connectivity index (χ0) is 38.2. The fourth-order valence-corrected chi connectivity index (χ4v) is 8.34. The third kappa shape index (κ3) is 5.11. The lowest BCUT2D eigenvalue weighted by atomic mass is 10.0. The van der Waals surface area contributed by atoms with Crippen molar-refractivity contribution in [3.63, 3.8) is 0 Å². The predicted octanol–water partition coefficient (Wildman–Crippen LogP) is 13.0. The first kappa shape index (κ1) is 32.2. The number of ether oxygens (including phenoxy) is 2. The molecule has 0 N–H and O–H groups in total. The molecular formula is C51H31N5O2. The fourth-order valence-electron chi connectivity index (χ4n) is 8.34. The number of hydrogen-bond acceptors (Lipinski definition) is 5. The maximum atomic E-state index is 6.74. The highest BCUT2D eigenvalue weighted by Gasteiger charge is 2.25. The molecule has 11 aromatic rings. The Morgan fingerprint density at radius 2 is 0.810 bits per heavy atom. The monoisotopic (exact) mass is 745 g/mol. The van der Waals surface area contributed by atoms with Crippen molar-refractivity contribution in [3.8, 4) is 68.5 Å². The summed E-state index contributed by atoms with van der Waals surface area (Å²) in [5.41, 5.74) is 9.27. The summed E-state index contributed by atoms with van der Waals surface area (Å²) in [5.74, 6) is 4.28. The second-order valence-electron chi connectivity index (χ2n) is 14.5. The molecule has 1 aliphatic rings. The van der Waals surface area contributed by atoms with Gasteiger partial charge in [-0.05, 0) is 65.7 Å². The van der Waals surface area contributed by atoms with E-state index in [-0.39, 0.29) is 0 Å². The van der Waals surface area contributed by atoms with Gasteiger partial charge in [-0.15, -0.1) is 0 Å². The van der Waals surface area contributed by atoms with Gasteiger partial charge in [0.15, 0.2) is 34.6 Å². The maximum Gasteiger partial charge on any atom is 0.238 e. The third-order valence-electron chi connectivity index (χ3n) is 11.0. The molecule has 0 amide bonds. The topological polar surface area (TPSA) is 67.0 Å². The highest BCUT2D eigenvalue weighted by Crippen LogP contribution is 2.50. The number of fused-ring (bicyclic) bond motifs is 8. The van der Waals surface area contributed by atoms with Gasteiger partial charge < -0.3 is 14.0 Å². The SMILES string of the molecule is c1ccc(-c2nc(-c3ccccc3)nc(-n3c4ccccc4c4cc5c(cc43)Oc3cc(-c4ccc6c(c4)c4ccccc4n6-c4ccccc4)ccc3O5)n2)cc1. The largest absolute Gasteiger partial charge is 0.449 e. The average molecular weight is 746 g/mol. The van der Waals surface area contributed by atoms with E-state index in [1.54, 1.807) is 0 Å². The summed E-state index contributed by atoms with van der Waals surface area (Å²) in [6, 6.07) is 64.4. The second-order valence-corrected chi connectivity index (χ2v) is 14.5. The van der Waals surface area contributed by atoms with Gasteiger partial charge in [-0.3, -0.25) is 4.57 Å². The smallest absolute Gasteiger partial charge is 0.238 e. The molecule has 0 radical (unpaired) electrons. The Bertz CT molecular complexity index is 3340. The van der Waals surface area contributed by atoms with Crippen molar-refractivity contribution in [3.05, 3.63) is 188 Å². The lowest BCUT2D eigenvalue weighted by Crippen LogP contribution is -2.06. The van der Waals surface area contributed by atoms with Crippen LogP contribution < -0.4 is 9.47 Å². The van der Waals surface area contributed by atoms with Crippen molar-refractivity contribution in [2.75, 3.05) is 0 Å². The highest BCUT2D eigenvalue weighted by atomic mass is 16.6. The van der Waals surface area contributed by atoms with Gasteiger partial charge >= 0.3 is 0 Å². The van der Waals surface area contributed by atoms with Crippen molar-refractivity contribution < 1.29 is 9.47 Å². The molecule has 1 aliphatic heterocycles. The summed E-state index contributed by atoms with van der Waals surface area (Å²) in [5, 5.41) is 4.46. The molecule has 0 atom stereocenters. The van der Waals surface area contributed by atoms with E-state index < -0.39 is 0 Å². The van der Waals surface area contributed by atoms with Crippen LogP contribution in [0.3, 0.4) is 0 Å². The number of nitrogens with zero attached hydrogens (tertiary/aromatic N) is 5. The van der Waals surface area contributed by atoms with Crippen LogP contribution in [0.15, 0.2) is 188 Å². The van der Waals surface area contributed by atoms with Gasteiger partial charge in [0.1, 0.15) is 0 Å². The van der Waals surface area contributed by atoms with Gasteiger partial charge in [0, 0.05) is 44.4 Å². The normalized spacial score (nSPS) is 12.1. The molecule has 7 heteroatoms. The number of rotatable bonds is 5. The molecule has 58 heavy (non-hydrogen) atoms. The van der Waals surface area contributed by atoms with Crippen molar-refractivity contribution in [2.45, 2.75) is 0 Å². The summed E-state index contributed by atoms with van der Waals surface area (Å²) >= 11 is 0. The minimum atomic E-state index is 0.516. The highest BCUT2D eigenvalue weighted by molar-refractivity contribution is 6.11. The molecule has 0 fully saturated rings. The molecule has 7 nitrogen and oxygen atoms in total. The molecule has 4 heterocycles. The number of benzene rings is 8. The van der Waals surface area contributed by atoms with E-state index in [1.165, 1.54) is 16.3 Å². The molecule has 0 spiro atoms. The number of para-hydroxylation sites is 3. The summed E-state index contributed by atoms with van der Waals surface area (Å²) in [7, 11) is 0. The third-order valence-corrected chi connectivity index (χ3v) is 11.0. The summed E-state index contributed by atoms with van der Waals surface area (Å²) in [4.78, 5) is 15.1. The molecule has 0 aliphatic carbocycles. The molecule has 0 unspecified atom stereocenters. The van der Waals surface area contributed by atoms with E-state index in [0.29, 0.717) is 40.6 Å². The molecular weight excluding hydrogens is 715 g/mol. The van der Waals surface area contributed by atoms with Crippen molar-refractivity contribution in [1.82, 2.24) is 24.1 Å². The minimum Gasteiger partial charge on any atom is -0.449 e. The molecule has 8 aromatic carbocycles. The molecule has 0 saturated heterocycles. The van der Waals surface area contributed by atoms with E-state index >= 15 is 0 Å². The standard InChI is InChI=1S/C51H31N5O2/c1-4-14-32(15-5-1)49-52-50(33-16-6-2-7-17-33)54-51(53-49)56-42-23-13-11-21-38(42)40-30-47-48(31-44(40)56)58-46-29-35(25-27-45(46)57-47)34-24-26-43-39(28-34)37-20-10-12-22-41(37)55(43)36-18-8-3-9-19-36/h1-31H. The van der Waals surface area contributed by atoms with Crippen molar-refractivity contribution in [2.24, 2.45) is 0 Å². The van der Waals surface area contributed by atoms with Crippen LogP contribution in [0.1, 0.15) is 0 Å². The van der Waals surface area contributed by atoms with Crippen molar-refractivity contribution >= 4 is 43.6 Å². The van der Waals surface area contributed by atoms with Crippen LogP contribution >= 0.6 is 0 Å². The van der Waals surface area contributed by atoms with Gasteiger partial charge in [-0.2, -0.15) is 9.97 Å². The Morgan fingerprint density at radius 1 is 0.310 bits per heavy atom. The van der Waals surface area contributed by atoms with Crippen LogP contribution in [0, 0.1) is 0 Å². The zero-order valence-corrected chi connectivity index (χ0v) is 31.0. The van der Waals surface area contributed by atoms with E-state index in [0.717, 1.165) is 55.3 Å². The van der Waals surface area contributed by atoms with Crippen molar-refractivity contribution in [1.29, 1.82) is 0 Å². The first-order chi connectivity index (χ1) is 28.7. The number of aromatic nitrogens is 5. The summed E-state index contributed by atoms with van der Waals surface area (Å²) in [6.07, 6.45) is 0. The average Bonchev–Trinajstić information content (AvgIpc) is 3.80. The van der Waals surface area contributed by atoms with Crippen LogP contribution in [-0.4, -0.2) is 24.1 Å². The molecule has 0 saturated carbocycles. The predicted molar refractivity (Wildman–Crippen MR) is 231 cm³/mol. The Labute approximate surface area is 332 Å². The Kier molecular flexibility index (Phi) is 7.09. The summed E-state index contributed by atoms with van der Waals surface area (Å²) < 4.78 is 17.8. The first-order valence-electron chi connectivity index (χ1n) is 19.3. The Hall–Kier alpha value is -8.03. The molecule has 272 valence electrons. The quantitative estimate of drug-likeness (QED) is 0.175. The van der Waals surface area contributed by atoms with Crippen LogP contribution in [0.5, 0.6) is 23.0 Å². The minimum absolute atomic E-state index is 0.516. The first-order valence-corrected chi connectivity index (χ1v) is 19.3. The van der Waals surface area contributed by atoms with E-state index in [4.69, 9.17) is 24.4 Å². The molecule has 0 bridgehead atoms. The van der Waals surface area contributed by atoms with Gasteiger partial charge in [-0.25, -0.2) is 4.98 Å². The second kappa shape index (κ2) is 12.8. The zero-order valence-electron chi connectivity index (χ0n) is 31.0.